The lowest BCUT2D eigenvalue weighted by Gasteiger charge is -2.10. The fraction of sp³-hybridized carbons (Fsp3) is 0.0435. The summed E-state index contributed by atoms with van der Waals surface area (Å²) in [4.78, 5) is 27.8. The average molecular weight is 433 g/mol. The minimum absolute atomic E-state index is 0.0416. The summed E-state index contributed by atoms with van der Waals surface area (Å²) < 4.78 is 14.1. The Labute approximate surface area is 181 Å². The third kappa shape index (κ3) is 4.19. The van der Waals surface area contributed by atoms with Crippen molar-refractivity contribution in [3.8, 4) is 21.8 Å². The third-order valence-electron chi connectivity index (χ3n) is 4.72. The van der Waals surface area contributed by atoms with E-state index in [1.165, 1.54) is 35.6 Å². The fourth-order valence-electron chi connectivity index (χ4n) is 3.17. The molecule has 0 bridgehead atoms. The number of aryl methyl sites for hydroxylation is 1. The van der Waals surface area contributed by atoms with Gasteiger partial charge < -0.3 is 5.32 Å². The molecule has 1 heterocycles. The molecule has 0 fully saturated rings. The van der Waals surface area contributed by atoms with Gasteiger partial charge in [0.1, 0.15) is 10.8 Å². The molecule has 0 saturated heterocycles. The van der Waals surface area contributed by atoms with E-state index in [1.54, 1.807) is 37.3 Å². The molecule has 8 heteroatoms. The number of thiazole rings is 1. The Balaban J connectivity index is 1.63. The predicted octanol–water partition coefficient (Wildman–Crippen LogP) is 6.09. The first-order valence-electron chi connectivity index (χ1n) is 9.30. The van der Waals surface area contributed by atoms with E-state index in [4.69, 9.17) is 0 Å². The Morgan fingerprint density at radius 2 is 1.77 bits per heavy atom. The van der Waals surface area contributed by atoms with Gasteiger partial charge in [0.2, 0.25) is 0 Å². The maximum absolute atomic E-state index is 14.1. The summed E-state index contributed by atoms with van der Waals surface area (Å²) in [5, 5.41) is 16.2. The van der Waals surface area contributed by atoms with Crippen molar-refractivity contribution in [1.82, 2.24) is 4.98 Å². The van der Waals surface area contributed by atoms with Crippen molar-refractivity contribution in [3.63, 3.8) is 0 Å². The fourth-order valence-corrected chi connectivity index (χ4v) is 4.01. The van der Waals surface area contributed by atoms with E-state index in [9.17, 15) is 19.3 Å². The van der Waals surface area contributed by atoms with Gasteiger partial charge in [-0.05, 0) is 37.3 Å². The number of benzene rings is 3. The maximum atomic E-state index is 14.1. The second-order valence-electron chi connectivity index (χ2n) is 6.78. The average Bonchev–Trinajstić information content (AvgIpc) is 3.24. The van der Waals surface area contributed by atoms with E-state index in [1.807, 2.05) is 17.5 Å². The van der Waals surface area contributed by atoms with Crippen LogP contribution in [0.2, 0.25) is 0 Å². The minimum Gasteiger partial charge on any atom is -0.321 e. The summed E-state index contributed by atoms with van der Waals surface area (Å²) in [6, 6.07) is 17.8. The first kappa shape index (κ1) is 20.4. The van der Waals surface area contributed by atoms with Crippen LogP contribution in [0.1, 0.15) is 15.9 Å². The molecule has 31 heavy (non-hydrogen) atoms. The lowest BCUT2D eigenvalue weighted by Crippen LogP contribution is -2.13. The lowest BCUT2D eigenvalue weighted by molar-refractivity contribution is -0.385. The van der Waals surface area contributed by atoms with E-state index in [2.05, 4.69) is 10.3 Å². The van der Waals surface area contributed by atoms with E-state index in [0.29, 0.717) is 38.6 Å². The van der Waals surface area contributed by atoms with Crippen LogP contribution in [0, 0.1) is 22.9 Å². The molecule has 6 nitrogen and oxygen atoms in total. The van der Waals surface area contributed by atoms with Crippen LogP contribution >= 0.6 is 11.3 Å². The van der Waals surface area contributed by atoms with Gasteiger partial charge in [0.05, 0.1) is 16.3 Å². The summed E-state index contributed by atoms with van der Waals surface area (Å²) in [5.74, 6) is -0.742. The number of halogens is 1. The molecule has 0 saturated carbocycles. The molecule has 0 unspecified atom stereocenters. The Morgan fingerprint density at radius 1 is 1.06 bits per heavy atom. The summed E-state index contributed by atoms with van der Waals surface area (Å²) >= 11 is 1.31. The highest BCUT2D eigenvalue weighted by Crippen LogP contribution is 2.34. The number of nitrogens with zero attached hydrogens (tertiary/aromatic N) is 2. The maximum Gasteiger partial charge on any atom is 0.272 e. The van der Waals surface area contributed by atoms with Crippen LogP contribution < -0.4 is 5.32 Å². The topological polar surface area (TPSA) is 85.1 Å². The summed E-state index contributed by atoms with van der Waals surface area (Å²) in [7, 11) is 0. The number of hydrogen-bond donors (Lipinski definition) is 1. The molecule has 1 N–H and O–H groups in total. The molecule has 154 valence electrons. The number of carbonyl (C=O) groups is 1. The molecule has 0 aliphatic rings. The van der Waals surface area contributed by atoms with Crippen molar-refractivity contribution in [2.75, 3.05) is 5.32 Å². The van der Waals surface area contributed by atoms with E-state index < -0.39 is 10.8 Å². The van der Waals surface area contributed by atoms with E-state index in [-0.39, 0.29) is 11.5 Å². The predicted molar refractivity (Wildman–Crippen MR) is 119 cm³/mol. The normalized spacial score (nSPS) is 10.6. The van der Waals surface area contributed by atoms with Gasteiger partial charge in [-0.1, -0.05) is 30.3 Å². The zero-order chi connectivity index (χ0) is 22.0. The molecule has 3 aromatic carbocycles. The highest BCUT2D eigenvalue weighted by molar-refractivity contribution is 7.13. The Kier molecular flexibility index (Phi) is 5.55. The smallest absolute Gasteiger partial charge is 0.272 e. The quantitative estimate of drug-likeness (QED) is 0.305. The molecule has 0 aliphatic heterocycles. The number of hydrogen-bond acceptors (Lipinski definition) is 5. The second kappa shape index (κ2) is 8.45. The molecule has 0 aliphatic carbocycles. The summed E-state index contributed by atoms with van der Waals surface area (Å²) in [6.45, 7) is 1.59. The van der Waals surface area contributed by atoms with Crippen LogP contribution in [0.5, 0.6) is 0 Å². The van der Waals surface area contributed by atoms with Crippen molar-refractivity contribution in [2.45, 2.75) is 6.92 Å². The van der Waals surface area contributed by atoms with E-state index >= 15 is 0 Å². The molecular formula is C23H16FN3O3S. The number of nitrogens with one attached hydrogen (secondary N) is 1. The number of para-hydroxylation sites is 1. The first-order chi connectivity index (χ1) is 14.9. The molecule has 1 aromatic heterocycles. The Morgan fingerprint density at radius 3 is 2.48 bits per heavy atom. The van der Waals surface area contributed by atoms with Gasteiger partial charge in [0, 0.05) is 33.7 Å². The SMILES string of the molecule is Cc1cc(C(=O)Nc2ccccc2-c2csc(-c3ccccc3F)n2)ccc1[N+](=O)[O-]. The van der Waals surface area contributed by atoms with Crippen molar-refractivity contribution in [3.05, 3.63) is 99.2 Å². The largest absolute Gasteiger partial charge is 0.321 e. The van der Waals surface area contributed by atoms with Crippen molar-refractivity contribution < 1.29 is 14.1 Å². The second-order valence-corrected chi connectivity index (χ2v) is 7.63. The van der Waals surface area contributed by atoms with Crippen LogP contribution in [-0.4, -0.2) is 15.8 Å². The monoisotopic (exact) mass is 433 g/mol. The van der Waals surface area contributed by atoms with Gasteiger partial charge in [0.25, 0.3) is 11.6 Å². The molecule has 0 spiro atoms. The standard InChI is InChI=1S/C23H16FN3O3S/c1-14-12-15(10-11-21(14)27(29)30)22(28)25-19-9-5-3-7-17(19)20-13-31-23(26-20)16-6-2-4-8-18(16)24/h2-13H,1H3,(H,25,28). The van der Waals surface area contributed by atoms with Gasteiger partial charge >= 0.3 is 0 Å². The van der Waals surface area contributed by atoms with E-state index in [0.717, 1.165) is 0 Å². The van der Waals surface area contributed by atoms with Gasteiger partial charge in [-0.15, -0.1) is 11.3 Å². The zero-order valence-corrected chi connectivity index (χ0v) is 17.2. The number of nitro groups is 1. The molecule has 0 atom stereocenters. The van der Waals surface area contributed by atoms with Crippen LogP contribution in [-0.2, 0) is 0 Å². The number of amides is 1. The van der Waals surface area contributed by atoms with Crippen LogP contribution in [0.25, 0.3) is 21.8 Å². The van der Waals surface area contributed by atoms with Crippen molar-refractivity contribution in [2.24, 2.45) is 0 Å². The van der Waals surface area contributed by atoms with Crippen molar-refractivity contribution >= 4 is 28.6 Å². The molecular weight excluding hydrogens is 417 g/mol. The third-order valence-corrected chi connectivity index (χ3v) is 5.59. The number of rotatable bonds is 5. The summed E-state index contributed by atoms with van der Waals surface area (Å²) in [5.41, 5.74) is 2.92. The number of carbonyl (C=O) groups excluding carboxylic acids is 1. The highest BCUT2D eigenvalue weighted by atomic mass is 32.1. The lowest BCUT2D eigenvalue weighted by atomic mass is 10.1. The Hall–Kier alpha value is -3.91. The number of nitro benzene ring substituents is 1. The molecule has 4 aromatic rings. The van der Waals surface area contributed by atoms with Crippen molar-refractivity contribution in [1.29, 1.82) is 0 Å². The first-order valence-corrected chi connectivity index (χ1v) is 10.2. The van der Waals surface area contributed by atoms with Crippen LogP contribution in [0.3, 0.4) is 0 Å². The van der Waals surface area contributed by atoms with Gasteiger partial charge in [-0.2, -0.15) is 0 Å². The van der Waals surface area contributed by atoms with Gasteiger partial charge in [0.15, 0.2) is 0 Å². The molecule has 1 amide bonds. The Bertz CT molecular complexity index is 1300. The van der Waals surface area contributed by atoms with Crippen LogP contribution in [0.4, 0.5) is 15.8 Å². The van der Waals surface area contributed by atoms with Crippen LogP contribution in [0.15, 0.2) is 72.1 Å². The van der Waals surface area contributed by atoms with Gasteiger partial charge in [-0.25, -0.2) is 9.37 Å². The van der Waals surface area contributed by atoms with Gasteiger partial charge in [-0.3, -0.25) is 14.9 Å². The molecule has 0 radical (unpaired) electrons. The molecule has 4 rings (SSSR count). The summed E-state index contributed by atoms with van der Waals surface area (Å²) in [6.07, 6.45) is 0. The zero-order valence-electron chi connectivity index (χ0n) is 16.3. The minimum atomic E-state index is -0.484. The number of aromatic nitrogens is 1. The highest BCUT2D eigenvalue weighted by Gasteiger charge is 2.17. The number of anilines is 1.